The number of fused-ring (bicyclic) bond motifs is 3. The van der Waals surface area contributed by atoms with Crippen molar-refractivity contribution >= 4 is 86.4 Å². The average molecular weight is 564 g/mol. The number of hydrogen-bond donors (Lipinski definition) is 0. The third-order valence-electron chi connectivity index (χ3n) is 1.81. The first-order valence-electron chi connectivity index (χ1n) is 6.37. The predicted octanol–water partition coefficient (Wildman–Crippen LogP) is 4.19. The molecule has 3 heterocycles. The molecule has 19 heavy (non-hydrogen) atoms. The second-order valence-corrected chi connectivity index (χ2v) is 27.2. The molecule has 2 aromatic rings. The number of rotatable bonds is 0. The summed E-state index contributed by atoms with van der Waals surface area (Å²) in [5, 5.41) is 4.44. The van der Waals surface area contributed by atoms with E-state index in [0.29, 0.717) is 0 Å². The van der Waals surface area contributed by atoms with Crippen molar-refractivity contribution in [2.75, 3.05) is 0 Å². The predicted molar refractivity (Wildman–Crippen MR) is 99.3 cm³/mol. The van der Waals surface area contributed by atoms with E-state index in [2.05, 4.69) is 52.5 Å². The number of hydrogen-bond acceptors (Lipinski definition) is 2. The first kappa shape index (κ1) is 18.6. The summed E-state index contributed by atoms with van der Waals surface area (Å²) in [6.07, 6.45) is 0. The molecule has 0 saturated carbocycles. The Morgan fingerprint density at radius 2 is 1.05 bits per heavy atom. The molecule has 0 aromatic carbocycles. The molecule has 5 heteroatoms. The maximum atomic E-state index is 2.36. The van der Waals surface area contributed by atoms with Crippen LogP contribution in [0.2, 0.25) is 29.6 Å². The van der Waals surface area contributed by atoms with Crippen LogP contribution in [0, 0.1) is 0 Å². The van der Waals surface area contributed by atoms with E-state index < -0.39 is 39.5 Å². The van der Waals surface area contributed by atoms with Gasteiger partial charge in [0.05, 0.1) is 0 Å². The van der Waals surface area contributed by atoms with Crippen LogP contribution in [0.5, 0.6) is 0 Å². The maximum absolute atomic E-state index is 2.36. The van der Waals surface area contributed by atoms with Crippen molar-refractivity contribution in [2.45, 2.75) is 29.6 Å². The van der Waals surface area contributed by atoms with Crippen molar-refractivity contribution < 1.29 is 0 Å². The summed E-state index contributed by atoms with van der Waals surface area (Å²) in [6.45, 7) is 0. The second kappa shape index (κ2) is 9.54. The van der Waals surface area contributed by atoms with Gasteiger partial charge in [-0.2, -0.15) is 0 Å². The monoisotopic (exact) mass is 568 g/mol. The van der Waals surface area contributed by atoms with Gasteiger partial charge in [0.2, 0.25) is 0 Å². The summed E-state index contributed by atoms with van der Waals surface area (Å²) in [4.78, 5) is 17.3. The van der Waals surface area contributed by atoms with Crippen LogP contribution in [-0.2, 0) is 0 Å². The summed E-state index contributed by atoms with van der Waals surface area (Å²) >= 11 is 2.78. The molecule has 1 aliphatic heterocycles. The van der Waals surface area contributed by atoms with Gasteiger partial charge in [-0.3, -0.25) is 0 Å². The van der Waals surface area contributed by atoms with Crippen molar-refractivity contribution in [3.8, 4) is 9.75 Å². The molecular formula is C14H22GeS2Sn2. The summed E-state index contributed by atoms with van der Waals surface area (Å²) in [7, 11) is 0. The van der Waals surface area contributed by atoms with Gasteiger partial charge in [-0.15, -0.1) is 0 Å². The Hall–Kier alpha value is 1.54. The summed E-state index contributed by atoms with van der Waals surface area (Å²) < 4.78 is 3.30. The van der Waals surface area contributed by atoms with E-state index in [9.17, 15) is 0 Å². The van der Waals surface area contributed by atoms with Crippen molar-refractivity contribution in [1.82, 2.24) is 0 Å². The molecule has 0 atom stereocenters. The fraction of sp³-hybridized carbons (Fsp3) is 0.429. The summed E-state index contributed by atoms with van der Waals surface area (Å²) in [6, 6.07) is 4.60. The van der Waals surface area contributed by atoms with E-state index >= 15 is 0 Å². The van der Waals surface area contributed by atoms with E-state index in [1.807, 2.05) is 22.7 Å². The molecule has 0 bridgehead atoms. The second-order valence-electron chi connectivity index (χ2n) is 5.45. The van der Waals surface area contributed by atoms with Crippen molar-refractivity contribution in [3.63, 3.8) is 0 Å². The van der Waals surface area contributed by atoms with Gasteiger partial charge < -0.3 is 0 Å². The van der Waals surface area contributed by atoms with E-state index in [4.69, 9.17) is 0 Å². The average Bonchev–Trinajstić information content (AvgIpc) is 2.84. The van der Waals surface area contributed by atoms with Crippen LogP contribution in [0.15, 0.2) is 22.9 Å². The minimum atomic E-state index is -0.543. The van der Waals surface area contributed by atoms with Crippen LogP contribution in [0.3, 0.4) is 0 Å². The molecule has 0 nitrogen and oxygen atoms in total. The van der Waals surface area contributed by atoms with Crippen LogP contribution in [0.1, 0.15) is 0 Å². The zero-order valence-electron chi connectivity index (χ0n) is 12.6. The standard InChI is InChI=1S/C8H4GeS2.6CH3.2Sn/c1-3-10-7-5(1)9-6-2-4-11-8(6)7;;;;;;;;/h1-4H;6*1H3;;. The van der Waals surface area contributed by atoms with Gasteiger partial charge in [0.15, 0.2) is 0 Å². The molecule has 102 valence electrons. The van der Waals surface area contributed by atoms with Crippen LogP contribution in [0.4, 0.5) is 0 Å². The van der Waals surface area contributed by atoms with Gasteiger partial charge >= 0.3 is 149 Å². The van der Waals surface area contributed by atoms with Gasteiger partial charge in [-0.05, 0) is 0 Å². The molecule has 3 rings (SSSR count). The molecule has 0 spiro atoms. The van der Waals surface area contributed by atoms with Crippen LogP contribution < -0.4 is 8.79 Å². The first-order chi connectivity index (χ1) is 8.91. The normalized spacial score (nSPS) is 11.4. The molecule has 0 saturated heterocycles. The molecule has 0 unspecified atom stereocenters. The molecular weight excluding hydrogens is 542 g/mol. The Labute approximate surface area is 147 Å². The van der Waals surface area contributed by atoms with Gasteiger partial charge in [0.25, 0.3) is 0 Å². The molecule has 2 aromatic heterocycles. The summed E-state index contributed by atoms with van der Waals surface area (Å²) in [5.41, 5.74) is 0. The zero-order valence-corrected chi connectivity index (χ0v) is 22.1. The Morgan fingerprint density at radius 1 is 0.737 bits per heavy atom. The molecule has 0 amide bonds. The Morgan fingerprint density at radius 3 is 1.37 bits per heavy atom. The molecule has 0 N–H and O–H groups in total. The topological polar surface area (TPSA) is 0 Å². The third-order valence-corrected chi connectivity index (χ3v) is 7.44. The van der Waals surface area contributed by atoms with Gasteiger partial charge in [0, 0.05) is 0 Å². The zero-order chi connectivity index (χ0) is 14.4. The van der Waals surface area contributed by atoms with Gasteiger partial charge in [-0.1, -0.05) is 0 Å². The summed E-state index contributed by atoms with van der Waals surface area (Å²) in [5.74, 6) is 0. The van der Waals surface area contributed by atoms with E-state index in [0.717, 1.165) is 0 Å². The van der Waals surface area contributed by atoms with E-state index in [1.54, 1.807) is 18.5 Å². The third kappa shape index (κ3) is 6.89. The van der Waals surface area contributed by atoms with Gasteiger partial charge in [0.1, 0.15) is 0 Å². The van der Waals surface area contributed by atoms with Crippen molar-refractivity contribution in [3.05, 3.63) is 22.9 Å². The first-order valence-corrected chi connectivity index (χ1v) is 27.4. The van der Waals surface area contributed by atoms with Crippen LogP contribution in [-0.4, -0.2) is 55.0 Å². The molecule has 1 aliphatic rings. The molecule has 0 aliphatic carbocycles. The Bertz CT molecular complexity index is 439. The van der Waals surface area contributed by atoms with Crippen molar-refractivity contribution in [1.29, 1.82) is 0 Å². The minimum absolute atomic E-state index is 0.0671. The molecule has 0 fully saturated rings. The van der Waals surface area contributed by atoms with E-state index in [1.165, 1.54) is 0 Å². The van der Waals surface area contributed by atoms with Crippen molar-refractivity contribution in [2.24, 2.45) is 0 Å². The van der Waals surface area contributed by atoms with Crippen LogP contribution in [0.25, 0.3) is 9.75 Å². The molecule has 4 radical (unpaired) electrons. The SMILES string of the molecule is [CH3][Sn]([CH3])[CH3].[CH3][Sn]([CH3])[CH3].c1c[c]2c(s1)-c1scc[c]1[Ge]2. The number of thiophene rings is 2. The fourth-order valence-electron chi connectivity index (χ4n) is 1.31. The van der Waals surface area contributed by atoms with E-state index in [-0.39, 0.29) is 15.4 Å². The fourth-order valence-corrected chi connectivity index (χ4v) is 7.57. The Kier molecular flexibility index (Phi) is 9.33. The quantitative estimate of drug-likeness (QED) is 0.360. The Balaban J connectivity index is 0.000000192. The van der Waals surface area contributed by atoms with Crippen LogP contribution >= 0.6 is 22.7 Å². The van der Waals surface area contributed by atoms with Gasteiger partial charge in [-0.25, -0.2) is 0 Å².